The van der Waals surface area contributed by atoms with Crippen LogP contribution in [-0.4, -0.2) is 29.4 Å². The number of amides is 2. The van der Waals surface area contributed by atoms with E-state index in [1.165, 1.54) is 4.90 Å². The molecule has 1 unspecified atom stereocenters. The van der Waals surface area contributed by atoms with Crippen LogP contribution in [-0.2, 0) is 21.6 Å². The lowest BCUT2D eigenvalue weighted by atomic mass is 9.84. The van der Waals surface area contributed by atoms with E-state index in [9.17, 15) is 14.4 Å². The number of benzene rings is 3. The highest BCUT2D eigenvalue weighted by Gasteiger charge is 2.66. The lowest BCUT2D eigenvalue weighted by molar-refractivity contribution is -0.121. The molecule has 2 aromatic heterocycles. The van der Waals surface area contributed by atoms with Gasteiger partial charge in [0.25, 0.3) is 11.8 Å². The SMILES string of the molecule is CCOC(=O)c1sc(N2C(=O)c3oc4ccccc4c(=O)c3C23C(=O)N(Cc2ccccc2C)c2ccccc23)nc1C. The van der Waals surface area contributed by atoms with Crippen LogP contribution in [0.1, 0.15) is 55.1 Å². The molecular weight excluding hydrogens is 566 g/mol. The second-order valence-corrected chi connectivity index (χ2v) is 11.4. The summed E-state index contributed by atoms with van der Waals surface area (Å²) in [4.78, 5) is 64.2. The Bertz CT molecular complexity index is 2060. The van der Waals surface area contributed by atoms with E-state index >= 15 is 4.79 Å². The van der Waals surface area contributed by atoms with Crippen LogP contribution in [0.3, 0.4) is 0 Å². The molecule has 0 bridgehead atoms. The predicted molar refractivity (Wildman–Crippen MR) is 162 cm³/mol. The number of rotatable bonds is 5. The molecule has 2 aliphatic heterocycles. The first kappa shape index (κ1) is 26.8. The zero-order chi connectivity index (χ0) is 30.0. The molecule has 2 aliphatic rings. The van der Waals surface area contributed by atoms with Crippen molar-refractivity contribution in [3.8, 4) is 0 Å². The van der Waals surface area contributed by atoms with E-state index in [0.29, 0.717) is 16.9 Å². The molecule has 0 saturated heterocycles. The molecule has 7 rings (SSSR count). The van der Waals surface area contributed by atoms with Crippen LogP contribution in [0.15, 0.2) is 82.0 Å². The molecule has 3 aromatic carbocycles. The highest BCUT2D eigenvalue weighted by atomic mass is 32.1. The fraction of sp³-hybridized carbons (Fsp3) is 0.182. The maximum Gasteiger partial charge on any atom is 0.350 e. The molecule has 10 heteroatoms. The summed E-state index contributed by atoms with van der Waals surface area (Å²) in [6.45, 7) is 5.68. The molecule has 0 fully saturated rings. The number of carbonyl (C=O) groups is 3. The first-order chi connectivity index (χ1) is 20.8. The Balaban J connectivity index is 1.54. The highest BCUT2D eigenvalue weighted by Crippen LogP contribution is 2.55. The molecule has 0 radical (unpaired) electrons. The summed E-state index contributed by atoms with van der Waals surface area (Å²) >= 11 is 0.939. The molecule has 43 heavy (non-hydrogen) atoms. The van der Waals surface area contributed by atoms with Gasteiger partial charge in [-0.1, -0.05) is 65.9 Å². The average Bonchev–Trinajstić information content (AvgIpc) is 3.59. The van der Waals surface area contributed by atoms with E-state index in [2.05, 4.69) is 4.98 Å². The molecule has 1 atom stereocenters. The van der Waals surface area contributed by atoms with Crippen LogP contribution in [0.5, 0.6) is 0 Å². The highest BCUT2D eigenvalue weighted by molar-refractivity contribution is 7.17. The number of carbonyl (C=O) groups excluding carboxylic acids is 3. The summed E-state index contributed by atoms with van der Waals surface area (Å²) in [7, 11) is 0. The Labute approximate surface area is 250 Å². The molecule has 0 saturated carbocycles. The summed E-state index contributed by atoms with van der Waals surface area (Å²) in [5, 5.41) is 0.335. The largest absolute Gasteiger partial charge is 0.462 e. The van der Waals surface area contributed by atoms with Crippen molar-refractivity contribution in [2.45, 2.75) is 32.9 Å². The Morgan fingerprint density at radius 2 is 1.70 bits per heavy atom. The van der Waals surface area contributed by atoms with E-state index < -0.39 is 28.8 Å². The molecule has 0 aliphatic carbocycles. The number of aromatic nitrogens is 1. The molecule has 4 heterocycles. The molecule has 0 N–H and O–H groups in total. The second kappa shape index (κ2) is 9.74. The van der Waals surface area contributed by atoms with Crippen molar-refractivity contribution in [1.82, 2.24) is 4.98 Å². The third kappa shape index (κ3) is 3.66. The summed E-state index contributed by atoms with van der Waals surface area (Å²) in [6, 6.07) is 21.5. The maximum atomic E-state index is 15.0. The topological polar surface area (TPSA) is 110 Å². The normalized spacial score (nSPS) is 17.2. The number of nitrogens with zero attached hydrogens (tertiary/aromatic N) is 3. The van der Waals surface area contributed by atoms with Gasteiger partial charge in [-0.15, -0.1) is 0 Å². The Morgan fingerprint density at radius 1 is 0.977 bits per heavy atom. The number of esters is 1. The van der Waals surface area contributed by atoms with Crippen molar-refractivity contribution in [1.29, 1.82) is 0 Å². The van der Waals surface area contributed by atoms with Gasteiger partial charge in [0.2, 0.25) is 5.76 Å². The molecule has 2 amide bonds. The van der Waals surface area contributed by atoms with Gasteiger partial charge < -0.3 is 14.1 Å². The fourth-order valence-electron chi connectivity index (χ4n) is 6.09. The quantitative estimate of drug-likeness (QED) is 0.249. The van der Waals surface area contributed by atoms with Crippen LogP contribution in [0.25, 0.3) is 11.0 Å². The lowest BCUT2D eigenvalue weighted by Crippen LogP contribution is -2.53. The zero-order valence-corrected chi connectivity index (χ0v) is 24.4. The van der Waals surface area contributed by atoms with Crippen molar-refractivity contribution in [2.24, 2.45) is 0 Å². The van der Waals surface area contributed by atoms with Gasteiger partial charge in [-0.25, -0.2) is 9.78 Å². The van der Waals surface area contributed by atoms with Crippen molar-refractivity contribution in [3.05, 3.63) is 122 Å². The van der Waals surface area contributed by atoms with Gasteiger partial charge in [-0.05, 0) is 50.1 Å². The minimum absolute atomic E-state index is 0.0635. The van der Waals surface area contributed by atoms with Crippen molar-refractivity contribution in [3.63, 3.8) is 0 Å². The second-order valence-electron chi connectivity index (χ2n) is 10.4. The molecule has 9 nitrogen and oxygen atoms in total. The van der Waals surface area contributed by atoms with Gasteiger partial charge in [0.05, 0.1) is 35.5 Å². The van der Waals surface area contributed by atoms with E-state index in [0.717, 1.165) is 22.5 Å². The fourth-order valence-corrected chi connectivity index (χ4v) is 7.10. The van der Waals surface area contributed by atoms with E-state index in [4.69, 9.17) is 9.15 Å². The van der Waals surface area contributed by atoms with Gasteiger partial charge in [-0.3, -0.25) is 19.3 Å². The van der Waals surface area contributed by atoms with Gasteiger partial charge in [-0.2, -0.15) is 0 Å². The Hall–Kier alpha value is -5.09. The van der Waals surface area contributed by atoms with Gasteiger partial charge in [0, 0.05) is 5.56 Å². The van der Waals surface area contributed by atoms with Gasteiger partial charge in [0.15, 0.2) is 16.1 Å². The van der Waals surface area contributed by atoms with Crippen LogP contribution in [0.2, 0.25) is 0 Å². The number of hydrogen-bond donors (Lipinski definition) is 0. The van der Waals surface area contributed by atoms with Crippen molar-refractivity contribution < 1.29 is 23.5 Å². The van der Waals surface area contributed by atoms with E-state index in [1.54, 1.807) is 61.2 Å². The Morgan fingerprint density at radius 3 is 2.49 bits per heavy atom. The van der Waals surface area contributed by atoms with Crippen LogP contribution in [0, 0.1) is 13.8 Å². The number of anilines is 2. The molecule has 1 spiro atoms. The smallest absolute Gasteiger partial charge is 0.350 e. The molecule has 5 aromatic rings. The summed E-state index contributed by atoms with van der Waals surface area (Å²) in [5.74, 6) is -1.99. The van der Waals surface area contributed by atoms with Crippen molar-refractivity contribution in [2.75, 3.05) is 16.4 Å². The first-order valence-corrected chi connectivity index (χ1v) is 14.6. The monoisotopic (exact) mass is 591 g/mol. The maximum absolute atomic E-state index is 15.0. The Kier molecular flexibility index (Phi) is 6.07. The minimum atomic E-state index is -1.91. The number of fused-ring (bicyclic) bond motifs is 5. The summed E-state index contributed by atoms with van der Waals surface area (Å²) in [6.07, 6.45) is 0. The van der Waals surface area contributed by atoms with Gasteiger partial charge >= 0.3 is 5.97 Å². The van der Waals surface area contributed by atoms with Crippen LogP contribution >= 0.6 is 11.3 Å². The third-order valence-electron chi connectivity index (χ3n) is 8.06. The predicted octanol–water partition coefficient (Wildman–Crippen LogP) is 5.49. The first-order valence-electron chi connectivity index (χ1n) is 13.8. The lowest BCUT2D eigenvalue weighted by Gasteiger charge is -2.32. The number of para-hydroxylation sites is 2. The van der Waals surface area contributed by atoms with Crippen LogP contribution < -0.4 is 15.2 Å². The standard InChI is InChI=1S/C33H25N3O6S/c1-4-41-30(39)28-19(3)34-32(43-28)36-29(38)27-25(26(37)21-13-7-10-16-24(21)42-27)33(36)22-14-8-9-15-23(22)35(31(33)40)17-20-12-6-5-11-18(20)2/h5-16H,4,17H2,1-3H3. The van der Waals surface area contributed by atoms with Crippen LogP contribution in [0.4, 0.5) is 10.8 Å². The molecular formula is C33H25N3O6S. The van der Waals surface area contributed by atoms with E-state index in [-0.39, 0.29) is 45.5 Å². The van der Waals surface area contributed by atoms with E-state index in [1.807, 2.05) is 37.3 Å². The molecule has 214 valence electrons. The summed E-state index contributed by atoms with van der Waals surface area (Å²) in [5.41, 5.74) is 1.05. The average molecular weight is 592 g/mol. The van der Waals surface area contributed by atoms with Gasteiger partial charge in [0.1, 0.15) is 10.5 Å². The summed E-state index contributed by atoms with van der Waals surface area (Å²) < 4.78 is 11.3. The van der Waals surface area contributed by atoms with Crippen molar-refractivity contribution >= 4 is 50.9 Å². The number of hydrogen-bond acceptors (Lipinski definition) is 8. The number of ether oxygens (including phenoxy) is 1. The number of aryl methyl sites for hydroxylation is 2. The number of thiazole rings is 1. The minimum Gasteiger partial charge on any atom is -0.462 e. The third-order valence-corrected chi connectivity index (χ3v) is 9.18. The zero-order valence-electron chi connectivity index (χ0n) is 23.5.